The molecular weight excluding hydrogens is 308 g/mol. The zero-order valence-electron chi connectivity index (χ0n) is 12.7. The quantitative estimate of drug-likeness (QED) is 0.722. The summed E-state index contributed by atoms with van der Waals surface area (Å²) in [5.41, 5.74) is 1.86. The Morgan fingerprint density at radius 3 is 2.83 bits per heavy atom. The molecule has 0 fully saturated rings. The molecule has 24 heavy (non-hydrogen) atoms. The molecule has 2 aromatic carbocycles. The Balaban J connectivity index is 1.71. The fraction of sp³-hybridized carbons (Fsp3) is 0.111. The highest BCUT2D eigenvalue weighted by atomic mass is 16.7. The average molecular weight is 322 g/mol. The lowest BCUT2D eigenvalue weighted by atomic mass is 10.1. The molecule has 0 aliphatic carbocycles. The van der Waals surface area contributed by atoms with Crippen LogP contribution in [0.2, 0.25) is 0 Å². The fourth-order valence-electron chi connectivity index (χ4n) is 2.80. The predicted octanol–water partition coefficient (Wildman–Crippen LogP) is 2.68. The molecule has 0 radical (unpaired) electrons. The molecule has 4 rings (SSSR count). The van der Waals surface area contributed by atoms with Crippen molar-refractivity contribution in [2.75, 3.05) is 12.1 Å². The zero-order chi connectivity index (χ0) is 16.5. The fourth-order valence-corrected chi connectivity index (χ4v) is 2.80. The summed E-state index contributed by atoms with van der Waals surface area (Å²) < 4.78 is 10.7. The van der Waals surface area contributed by atoms with Crippen molar-refractivity contribution in [1.29, 1.82) is 0 Å². The lowest BCUT2D eigenvalue weighted by Crippen LogP contribution is -2.16. The maximum Gasteiger partial charge on any atom is 0.261 e. The van der Waals surface area contributed by atoms with Gasteiger partial charge in [-0.2, -0.15) is 0 Å². The van der Waals surface area contributed by atoms with E-state index in [0.717, 1.165) is 10.9 Å². The Bertz CT molecular complexity index is 994. The van der Waals surface area contributed by atoms with Crippen LogP contribution in [0.3, 0.4) is 0 Å². The van der Waals surface area contributed by atoms with E-state index in [1.54, 1.807) is 6.07 Å². The minimum atomic E-state index is -0.406. The monoisotopic (exact) mass is 322 g/mol. The Morgan fingerprint density at radius 1 is 1.12 bits per heavy atom. The van der Waals surface area contributed by atoms with Gasteiger partial charge in [0.2, 0.25) is 6.79 Å². The molecule has 1 aromatic heterocycles. The lowest BCUT2D eigenvalue weighted by Gasteiger charge is -2.12. The summed E-state index contributed by atoms with van der Waals surface area (Å²) in [4.78, 5) is 26.2. The van der Waals surface area contributed by atoms with Gasteiger partial charge >= 0.3 is 0 Å². The molecule has 120 valence electrons. The summed E-state index contributed by atoms with van der Waals surface area (Å²) >= 11 is 0. The van der Waals surface area contributed by atoms with Crippen LogP contribution in [-0.2, 0) is 6.54 Å². The van der Waals surface area contributed by atoms with E-state index in [9.17, 15) is 9.59 Å². The van der Waals surface area contributed by atoms with Crippen LogP contribution in [0.5, 0.6) is 11.5 Å². The maximum atomic E-state index is 12.1. The third-order valence-electron chi connectivity index (χ3n) is 3.98. The summed E-state index contributed by atoms with van der Waals surface area (Å²) in [7, 11) is 0. The van der Waals surface area contributed by atoms with Gasteiger partial charge in [-0.3, -0.25) is 9.59 Å². The number of aromatic amines is 1. The number of hydrogen-bond acceptors (Lipinski definition) is 5. The number of fused-ring (bicyclic) bond motifs is 2. The van der Waals surface area contributed by atoms with Gasteiger partial charge in [0.05, 0.1) is 11.2 Å². The third-order valence-corrected chi connectivity index (χ3v) is 3.98. The zero-order valence-corrected chi connectivity index (χ0v) is 12.7. The summed E-state index contributed by atoms with van der Waals surface area (Å²) in [5, 5.41) is 4.00. The average Bonchev–Trinajstić information content (AvgIpc) is 3.07. The molecule has 0 amide bonds. The molecule has 2 N–H and O–H groups in total. The molecule has 1 aliphatic rings. The molecule has 2 heterocycles. The first kappa shape index (κ1) is 14.3. The van der Waals surface area contributed by atoms with Crippen LogP contribution in [0.4, 0.5) is 5.69 Å². The van der Waals surface area contributed by atoms with Crippen molar-refractivity contribution >= 4 is 22.9 Å². The number of carbonyl (C=O) groups excluding carboxylic acids is 1. The van der Waals surface area contributed by atoms with Crippen molar-refractivity contribution in [1.82, 2.24) is 4.98 Å². The second-order valence-corrected chi connectivity index (χ2v) is 5.45. The molecule has 0 unspecified atom stereocenters. The van der Waals surface area contributed by atoms with Crippen molar-refractivity contribution in [3.63, 3.8) is 0 Å². The molecular formula is C18H14N2O4. The normalized spacial score (nSPS) is 12.3. The minimum absolute atomic E-state index is 0.0921. The highest BCUT2D eigenvalue weighted by Crippen LogP contribution is 2.33. The largest absolute Gasteiger partial charge is 0.454 e. The second-order valence-electron chi connectivity index (χ2n) is 5.45. The van der Waals surface area contributed by atoms with E-state index >= 15 is 0 Å². The van der Waals surface area contributed by atoms with Gasteiger partial charge in [0.25, 0.3) is 5.56 Å². The maximum absolute atomic E-state index is 12.1. The van der Waals surface area contributed by atoms with Gasteiger partial charge in [0.1, 0.15) is 5.56 Å². The molecule has 3 aromatic rings. The number of ether oxygens (including phenoxy) is 2. The van der Waals surface area contributed by atoms with Crippen molar-refractivity contribution < 1.29 is 14.3 Å². The Labute approximate surface area is 137 Å². The number of aromatic nitrogens is 1. The summed E-state index contributed by atoms with van der Waals surface area (Å²) in [6.45, 7) is 0.672. The van der Waals surface area contributed by atoms with E-state index in [-0.39, 0.29) is 12.4 Å². The van der Waals surface area contributed by atoms with Crippen molar-refractivity contribution in [3.8, 4) is 11.5 Å². The molecule has 6 nitrogen and oxygen atoms in total. The van der Waals surface area contributed by atoms with Gasteiger partial charge in [0.15, 0.2) is 17.8 Å². The number of benzene rings is 2. The number of hydrogen-bond donors (Lipinski definition) is 2. The van der Waals surface area contributed by atoms with Crippen LogP contribution >= 0.6 is 0 Å². The van der Waals surface area contributed by atoms with Gasteiger partial charge in [-0.1, -0.05) is 24.3 Å². The minimum Gasteiger partial charge on any atom is -0.454 e. The van der Waals surface area contributed by atoms with Crippen LogP contribution in [0.1, 0.15) is 15.9 Å². The number of anilines is 1. The van der Waals surface area contributed by atoms with Crippen LogP contribution in [0.25, 0.3) is 10.9 Å². The van der Waals surface area contributed by atoms with Gasteiger partial charge in [0, 0.05) is 11.9 Å². The van der Waals surface area contributed by atoms with E-state index in [0.29, 0.717) is 35.5 Å². The molecule has 0 atom stereocenters. The Kier molecular flexibility index (Phi) is 3.42. The van der Waals surface area contributed by atoms with Crippen molar-refractivity contribution in [3.05, 3.63) is 63.9 Å². The van der Waals surface area contributed by atoms with E-state index < -0.39 is 5.56 Å². The van der Waals surface area contributed by atoms with Crippen LogP contribution in [0.15, 0.2) is 47.3 Å². The van der Waals surface area contributed by atoms with Crippen LogP contribution < -0.4 is 20.3 Å². The van der Waals surface area contributed by atoms with Crippen LogP contribution in [-0.4, -0.2) is 18.1 Å². The first-order chi connectivity index (χ1) is 11.8. The lowest BCUT2D eigenvalue weighted by molar-refractivity contribution is 0.112. The van der Waals surface area contributed by atoms with Crippen molar-refractivity contribution in [2.45, 2.75) is 6.54 Å². The molecule has 1 aliphatic heterocycles. The molecule has 0 saturated heterocycles. The molecule has 0 saturated carbocycles. The van der Waals surface area contributed by atoms with Gasteiger partial charge < -0.3 is 19.8 Å². The topological polar surface area (TPSA) is 80.4 Å². The number of carbonyl (C=O) groups is 1. The number of nitrogens with one attached hydrogen (secondary N) is 2. The first-order valence-electron chi connectivity index (χ1n) is 7.49. The number of pyridine rings is 1. The van der Waals surface area contributed by atoms with Crippen LogP contribution in [0, 0.1) is 0 Å². The third kappa shape index (κ3) is 2.38. The number of rotatable bonds is 4. The highest BCUT2D eigenvalue weighted by Gasteiger charge is 2.15. The molecule has 6 heteroatoms. The van der Waals surface area contributed by atoms with Gasteiger partial charge in [-0.25, -0.2) is 0 Å². The molecule has 0 bridgehead atoms. The van der Waals surface area contributed by atoms with Gasteiger partial charge in [-0.05, 0) is 23.8 Å². The summed E-state index contributed by atoms with van der Waals surface area (Å²) in [5.74, 6) is 1.41. The highest BCUT2D eigenvalue weighted by molar-refractivity contribution is 5.99. The summed E-state index contributed by atoms with van der Waals surface area (Å²) in [6, 6.07) is 13.0. The number of H-pyrrole nitrogens is 1. The van der Waals surface area contributed by atoms with E-state index in [1.165, 1.54) is 0 Å². The number of para-hydroxylation sites is 1. The van der Waals surface area contributed by atoms with E-state index in [1.807, 2.05) is 36.4 Å². The van der Waals surface area contributed by atoms with Crippen molar-refractivity contribution in [2.24, 2.45) is 0 Å². The summed E-state index contributed by atoms with van der Waals surface area (Å²) in [6.07, 6.45) is 0.577. The first-order valence-corrected chi connectivity index (χ1v) is 7.49. The Hall–Kier alpha value is -3.28. The number of aldehydes is 1. The standard InChI is InChI=1S/C18H14N2O4/c21-9-13-17(12-3-1-2-4-14(12)20-18(13)22)19-8-11-5-6-15-16(7-11)24-10-23-15/h1-7,9H,8,10H2,(H2,19,20,22). The predicted molar refractivity (Wildman–Crippen MR) is 89.8 cm³/mol. The van der Waals surface area contributed by atoms with E-state index in [4.69, 9.17) is 9.47 Å². The molecule has 0 spiro atoms. The SMILES string of the molecule is O=Cc1c(NCc2ccc3c(c2)OCO3)c2ccccc2[nH]c1=O. The Morgan fingerprint density at radius 2 is 1.96 bits per heavy atom. The van der Waals surface area contributed by atoms with Gasteiger partial charge in [-0.15, -0.1) is 0 Å². The smallest absolute Gasteiger partial charge is 0.261 e. The van der Waals surface area contributed by atoms with E-state index in [2.05, 4.69) is 10.3 Å². The second kappa shape index (κ2) is 5.73.